The average molecular weight is 374 g/mol. The molecule has 1 nitrogen and oxygen atoms in total. The second kappa shape index (κ2) is 9.76. The maximum atomic E-state index is 3.65. The highest BCUT2D eigenvalue weighted by molar-refractivity contribution is 8.00. The van der Waals surface area contributed by atoms with Gasteiger partial charge in [0.05, 0.1) is 0 Å². The highest BCUT2D eigenvalue weighted by Gasteiger charge is 2.14. The number of thioether (sulfide) groups is 1. The van der Waals surface area contributed by atoms with Gasteiger partial charge in [0.15, 0.2) is 0 Å². The van der Waals surface area contributed by atoms with Gasteiger partial charge >= 0.3 is 0 Å². The van der Waals surface area contributed by atoms with Crippen molar-refractivity contribution in [3.8, 4) is 0 Å². The number of hydrogen-bond donors (Lipinski definition) is 1. The third-order valence-corrected chi connectivity index (χ3v) is 7.81. The maximum absolute atomic E-state index is 3.65. The van der Waals surface area contributed by atoms with Crippen LogP contribution in [0, 0.1) is 13.8 Å². The Bertz CT molecular complexity index is 583. The van der Waals surface area contributed by atoms with E-state index in [0.717, 1.165) is 13.1 Å². The minimum absolute atomic E-state index is 0.288. The summed E-state index contributed by atoms with van der Waals surface area (Å²) in [5.41, 5.74) is 2.67. The number of hydrogen-bond acceptors (Lipinski definition) is 2. The van der Waals surface area contributed by atoms with Crippen LogP contribution in [-0.4, -0.2) is 29.8 Å². The molecular formula is C22H32NPS. The summed E-state index contributed by atoms with van der Waals surface area (Å²) in [7, 11) is -0.288. The van der Waals surface area contributed by atoms with Gasteiger partial charge in [0, 0.05) is 17.0 Å². The fraction of sp³-hybridized carbons (Fsp3) is 0.455. The molecule has 0 saturated heterocycles. The zero-order valence-corrected chi connectivity index (χ0v) is 18.0. The second-order valence-corrected chi connectivity index (χ2v) is 11.8. The molecule has 0 amide bonds. The van der Waals surface area contributed by atoms with Crippen molar-refractivity contribution in [3.63, 3.8) is 0 Å². The molecule has 2 aromatic carbocycles. The Hall–Kier alpha value is -0.820. The van der Waals surface area contributed by atoms with Gasteiger partial charge in [0.1, 0.15) is 0 Å². The van der Waals surface area contributed by atoms with Crippen molar-refractivity contribution in [2.24, 2.45) is 0 Å². The van der Waals surface area contributed by atoms with Crippen LogP contribution in [0.15, 0.2) is 48.5 Å². The number of aryl methyl sites for hydroxylation is 2. The van der Waals surface area contributed by atoms with E-state index in [-0.39, 0.29) is 7.92 Å². The van der Waals surface area contributed by atoms with Crippen molar-refractivity contribution in [2.45, 2.75) is 39.4 Å². The highest BCUT2D eigenvalue weighted by Crippen LogP contribution is 2.33. The van der Waals surface area contributed by atoms with Crippen LogP contribution in [0.1, 0.15) is 31.9 Å². The van der Waals surface area contributed by atoms with Gasteiger partial charge in [-0.15, -0.1) is 0 Å². The molecule has 0 fully saturated rings. The first kappa shape index (κ1) is 20.5. The molecule has 0 aliphatic carbocycles. The molecule has 0 radical (unpaired) electrons. The van der Waals surface area contributed by atoms with Crippen LogP contribution in [0.2, 0.25) is 0 Å². The zero-order valence-electron chi connectivity index (χ0n) is 16.3. The van der Waals surface area contributed by atoms with E-state index in [1.54, 1.807) is 0 Å². The Balaban J connectivity index is 1.96. The quantitative estimate of drug-likeness (QED) is 0.524. The fourth-order valence-electron chi connectivity index (χ4n) is 2.60. The number of benzene rings is 2. The Morgan fingerprint density at radius 2 is 1.28 bits per heavy atom. The molecule has 0 aliphatic heterocycles. The first-order chi connectivity index (χ1) is 11.8. The first-order valence-electron chi connectivity index (χ1n) is 9.11. The zero-order chi connectivity index (χ0) is 18.3. The molecule has 0 aromatic heterocycles. The van der Waals surface area contributed by atoms with Gasteiger partial charge in [-0.3, -0.25) is 0 Å². The Labute approximate surface area is 159 Å². The minimum Gasteiger partial charge on any atom is -0.316 e. The van der Waals surface area contributed by atoms with Crippen molar-refractivity contribution in [1.82, 2.24) is 5.32 Å². The topological polar surface area (TPSA) is 12.0 Å². The predicted molar refractivity (Wildman–Crippen MR) is 118 cm³/mol. The van der Waals surface area contributed by atoms with Crippen LogP contribution in [-0.2, 0) is 0 Å². The molecule has 2 aromatic rings. The van der Waals surface area contributed by atoms with E-state index >= 15 is 0 Å². The summed E-state index contributed by atoms with van der Waals surface area (Å²) in [6, 6.07) is 18.2. The molecule has 25 heavy (non-hydrogen) atoms. The average Bonchev–Trinajstić information content (AvgIpc) is 2.55. The summed E-state index contributed by atoms with van der Waals surface area (Å²) in [6.45, 7) is 13.3. The van der Waals surface area contributed by atoms with Gasteiger partial charge in [0.2, 0.25) is 0 Å². The Morgan fingerprint density at radius 1 is 0.800 bits per heavy atom. The second-order valence-electron chi connectivity index (χ2n) is 7.53. The number of nitrogens with one attached hydrogen (secondary N) is 1. The van der Waals surface area contributed by atoms with Crippen LogP contribution in [0.4, 0.5) is 0 Å². The molecule has 3 heteroatoms. The molecule has 0 bridgehead atoms. The van der Waals surface area contributed by atoms with Gasteiger partial charge in [-0.1, -0.05) is 80.4 Å². The Morgan fingerprint density at radius 3 is 1.72 bits per heavy atom. The fourth-order valence-corrected chi connectivity index (χ4v) is 5.67. The van der Waals surface area contributed by atoms with E-state index in [4.69, 9.17) is 0 Å². The van der Waals surface area contributed by atoms with E-state index in [9.17, 15) is 0 Å². The van der Waals surface area contributed by atoms with Gasteiger partial charge < -0.3 is 5.32 Å². The van der Waals surface area contributed by atoms with E-state index in [1.165, 1.54) is 33.7 Å². The monoisotopic (exact) mass is 373 g/mol. The summed E-state index contributed by atoms with van der Waals surface area (Å²) in [4.78, 5) is 0. The van der Waals surface area contributed by atoms with Gasteiger partial charge in [-0.2, -0.15) is 11.8 Å². The van der Waals surface area contributed by atoms with Crippen LogP contribution in [0.3, 0.4) is 0 Å². The van der Waals surface area contributed by atoms with Gasteiger partial charge in [-0.05, 0) is 45.1 Å². The van der Waals surface area contributed by atoms with Crippen molar-refractivity contribution in [3.05, 3.63) is 59.7 Å². The third-order valence-electron chi connectivity index (χ3n) is 4.02. The minimum atomic E-state index is -0.288. The smallest absolute Gasteiger partial charge is 0.00755 e. The lowest BCUT2D eigenvalue weighted by Crippen LogP contribution is -2.25. The molecule has 0 unspecified atom stereocenters. The summed E-state index contributed by atoms with van der Waals surface area (Å²) in [5.74, 6) is 1.18. The molecule has 136 valence electrons. The molecule has 2 rings (SSSR count). The van der Waals surface area contributed by atoms with E-state index in [2.05, 4.69) is 88.5 Å². The molecule has 0 heterocycles. The lowest BCUT2D eigenvalue weighted by Gasteiger charge is -2.20. The Kier molecular flexibility index (Phi) is 8.00. The van der Waals surface area contributed by atoms with Crippen LogP contribution in [0.25, 0.3) is 0 Å². The molecule has 0 saturated carbocycles. The van der Waals surface area contributed by atoms with Crippen molar-refractivity contribution < 1.29 is 0 Å². The van der Waals surface area contributed by atoms with E-state index in [1.807, 2.05) is 11.8 Å². The van der Waals surface area contributed by atoms with Crippen molar-refractivity contribution >= 4 is 30.3 Å². The molecular weight excluding hydrogens is 341 g/mol. The maximum Gasteiger partial charge on any atom is 0.00755 e. The summed E-state index contributed by atoms with van der Waals surface area (Å²) >= 11 is 2.03. The normalized spacial score (nSPS) is 11.9. The van der Waals surface area contributed by atoms with Crippen LogP contribution in [0.5, 0.6) is 0 Å². The third kappa shape index (κ3) is 7.52. The SMILES string of the molecule is Cc1ccc(P(CCNCCSC(C)(C)C)c2ccc(C)cc2)cc1. The van der Waals surface area contributed by atoms with Gasteiger partial charge in [-0.25, -0.2) is 0 Å². The van der Waals surface area contributed by atoms with Crippen molar-refractivity contribution in [1.29, 1.82) is 0 Å². The van der Waals surface area contributed by atoms with E-state index < -0.39 is 0 Å². The largest absolute Gasteiger partial charge is 0.316 e. The molecule has 0 spiro atoms. The predicted octanol–water partition coefficient (Wildman–Crippen LogP) is 4.86. The molecule has 0 aliphatic rings. The molecule has 1 N–H and O–H groups in total. The van der Waals surface area contributed by atoms with Crippen molar-refractivity contribution in [2.75, 3.05) is 25.0 Å². The number of rotatable bonds is 8. The summed E-state index contributed by atoms with van der Waals surface area (Å²) in [6.07, 6.45) is 1.20. The van der Waals surface area contributed by atoms with Gasteiger partial charge in [0.25, 0.3) is 0 Å². The standard InChI is InChI=1S/C22H32NPS/c1-18-6-10-20(11-7-18)24(21-12-8-19(2)9-13-21)16-14-23-15-17-25-22(3,4)5/h6-13,23H,14-17H2,1-5H3. The van der Waals surface area contributed by atoms with Crippen LogP contribution < -0.4 is 15.9 Å². The lowest BCUT2D eigenvalue weighted by molar-refractivity contribution is 0.759. The summed E-state index contributed by atoms with van der Waals surface area (Å²) in [5, 5.41) is 6.61. The first-order valence-corrected chi connectivity index (χ1v) is 11.6. The lowest BCUT2D eigenvalue weighted by atomic mass is 10.2. The summed E-state index contributed by atoms with van der Waals surface area (Å²) < 4.78 is 0.359. The molecule has 0 atom stereocenters. The highest BCUT2D eigenvalue weighted by atomic mass is 32.2. The van der Waals surface area contributed by atoms with E-state index in [0.29, 0.717) is 4.75 Å². The van der Waals surface area contributed by atoms with Crippen LogP contribution >= 0.6 is 19.7 Å².